The molecule has 112 valence electrons. The maximum Gasteiger partial charge on any atom is 0.127 e. The van der Waals surface area contributed by atoms with Gasteiger partial charge in [0.2, 0.25) is 0 Å². The van der Waals surface area contributed by atoms with Crippen molar-refractivity contribution >= 4 is 5.69 Å². The Morgan fingerprint density at radius 2 is 1.52 bits per heavy atom. The van der Waals surface area contributed by atoms with E-state index in [0.717, 1.165) is 36.8 Å². The zero-order valence-electron chi connectivity index (χ0n) is 12.6. The minimum Gasteiger partial charge on any atom is -0.457 e. The molecule has 0 amide bonds. The van der Waals surface area contributed by atoms with Gasteiger partial charge < -0.3 is 15.4 Å². The third-order valence-corrected chi connectivity index (χ3v) is 3.17. The van der Waals surface area contributed by atoms with Gasteiger partial charge in [0, 0.05) is 18.8 Å². The molecule has 0 fully saturated rings. The van der Waals surface area contributed by atoms with E-state index in [1.807, 2.05) is 54.6 Å². The van der Waals surface area contributed by atoms with Crippen LogP contribution in [0, 0.1) is 0 Å². The Morgan fingerprint density at radius 3 is 2.24 bits per heavy atom. The third kappa shape index (κ3) is 5.88. The highest BCUT2D eigenvalue weighted by Crippen LogP contribution is 2.22. The molecule has 0 atom stereocenters. The summed E-state index contributed by atoms with van der Waals surface area (Å²) in [6.45, 7) is 5.23. The smallest absolute Gasteiger partial charge is 0.127 e. The average molecular weight is 284 g/mol. The number of para-hydroxylation sites is 1. The van der Waals surface area contributed by atoms with Crippen LogP contribution in [0.15, 0.2) is 54.6 Å². The van der Waals surface area contributed by atoms with Gasteiger partial charge >= 0.3 is 0 Å². The first kappa shape index (κ1) is 15.4. The van der Waals surface area contributed by atoms with Gasteiger partial charge in [0.25, 0.3) is 0 Å². The van der Waals surface area contributed by atoms with Gasteiger partial charge in [-0.2, -0.15) is 0 Å². The van der Waals surface area contributed by atoms with Crippen LogP contribution in [0.1, 0.15) is 19.8 Å². The number of ether oxygens (including phenoxy) is 1. The molecule has 0 bridgehead atoms. The second kappa shape index (κ2) is 9.03. The average Bonchev–Trinajstić information content (AvgIpc) is 2.53. The quantitative estimate of drug-likeness (QED) is 0.674. The molecular formula is C18H24N2O. The summed E-state index contributed by atoms with van der Waals surface area (Å²) in [5, 5.41) is 6.81. The number of rotatable bonds is 9. The molecule has 0 saturated carbocycles. The van der Waals surface area contributed by atoms with Crippen LogP contribution in [0.4, 0.5) is 5.69 Å². The van der Waals surface area contributed by atoms with Crippen molar-refractivity contribution in [3.8, 4) is 11.5 Å². The van der Waals surface area contributed by atoms with Crippen LogP contribution in [0.3, 0.4) is 0 Å². The molecule has 0 aliphatic rings. The first-order chi connectivity index (χ1) is 10.4. The Labute approximate surface area is 127 Å². The van der Waals surface area contributed by atoms with Gasteiger partial charge in [-0.3, -0.25) is 0 Å². The van der Waals surface area contributed by atoms with E-state index < -0.39 is 0 Å². The van der Waals surface area contributed by atoms with Crippen molar-refractivity contribution in [1.29, 1.82) is 0 Å². The molecule has 0 radical (unpaired) electrons. The lowest BCUT2D eigenvalue weighted by atomic mass is 10.3. The monoisotopic (exact) mass is 284 g/mol. The van der Waals surface area contributed by atoms with Crippen LogP contribution in [0.2, 0.25) is 0 Å². The zero-order valence-corrected chi connectivity index (χ0v) is 12.6. The van der Waals surface area contributed by atoms with Gasteiger partial charge in [0.05, 0.1) is 0 Å². The molecule has 0 aromatic heterocycles. The lowest BCUT2D eigenvalue weighted by Crippen LogP contribution is -2.22. The van der Waals surface area contributed by atoms with E-state index >= 15 is 0 Å². The van der Waals surface area contributed by atoms with Gasteiger partial charge in [0.1, 0.15) is 11.5 Å². The molecular weight excluding hydrogens is 260 g/mol. The fourth-order valence-corrected chi connectivity index (χ4v) is 1.99. The van der Waals surface area contributed by atoms with E-state index in [2.05, 4.69) is 17.6 Å². The van der Waals surface area contributed by atoms with Gasteiger partial charge in [-0.15, -0.1) is 0 Å². The van der Waals surface area contributed by atoms with E-state index in [9.17, 15) is 0 Å². The highest BCUT2D eigenvalue weighted by molar-refractivity contribution is 5.47. The number of nitrogens with one attached hydrogen (secondary N) is 2. The standard InChI is InChI=1S/C18H24N2O/c1-2-3-13-19-14-15-20-16-9-11-18(12-10-16)21-17-7-5-4-6-8-17/h4-12,19-20H,2-3,13-15H2,1H3. The molecule has 3 nitrogen and oxygen atoms in total. The topological polar surface area (TPSA) is 33.3 Å². The molecule has 0 saturated heterocycles. The molecule has 0 unspecified atom stereocenters. The highest BCUT2D eigenvalue weighted by atomic mass is 16.5. The molecule has 0 aliphatic heterocycles. The second-order valence-electron chi connectivity index (χ2n) is 4.97. The van der Waals surface area contributed by atoms with E-state index in [4.69, 9.17) is 4.74 Å². The van der Waals surface area contributed by atoms with Crippen LogP contribution >= 0.6 is 0 Å². The Kier molecular flexibility index (Phi) is 6.62. The van der Waals surface area contributed by atoms with E-state index in [1.54, 1.807) is 0 Å². The maximum atomic E-state index is 5.76. The predicted octanol–water partition coefficient (Wildman–Crippen LogP) is 4.28. The van der Waals surface area contributed by atoms with Crippen LogP contribution in [-0.4, -0.2) is 19.6 Å². The first-order valence-corrected chi connectivity index (χ1v) is 7.66. The van der Waals surface area contributed by atoms with Crippen molar-refractivity contribution in [2.75, 3.05) is 25.0 Å². The molecule has 2 N–H and O–H groups in total. The number of hydrogen-bond acceptors (Lipinski definition) is 3. The van der Waals surface area contributed by atoms with Crippen LogP contribution in [0.5, 0.6) is 11.5 Å². The molecule has 2 aromatic carbocycles. The summed E-state index contributed by atoms with van der Waals surface area (Å²) in [5.41, 5.74) is 1.12. The van der Waals surface area contributed by atoms with Gasteiger partial charge in [-0.05, 0) is 49.4 Å². The van der Waals surface area contributed by atoms with Crippen molar-refractivity contribution in [2.24, 2.45) is 0 Å². The number of anilines is 1. The van der Waals surface area contributed by atoms with E-state index in [0.29, 0.717) is 0 Å². The molecule has 2 rings (SSSR count). The van der Waals surface area contributed by atoms with Gasteiger partial charge in [0.15, 0.2) is 0 Å². The van der Waals surface area contributed by atoms with Crippen LogP contribution in [-0.2, 0) is 0 Å². The summed E-state index contributed by atoms with van der Waals surface area (Å²) in [6, 6.07) is 17.9. The van der Waals surface area contributed by atoms with Crippen LogP contribution < -0.4 is 15.4 Å². The molecule has 0 aliphatic carbocycles. The van der Waals surface area contributed by atoms with Crippen molar-refractivity contribution in [3.05, 3.63) is 54.6 Å². The Bertz CT molecular complexity index is 496. The minimum absolute atomic E-state index is 0.854. The van der Waals surface area contributed by atoms with E-state index in [-0.39, 0.29) is 0 Å². The summed E-state index contributed by atoms with van der Waals surface area (Å²) in [6.07, 6.45) is 2.48. The summed E-state index contributed by atoms with van der Waals surface area (Å²) in [7, 11) is 0. The van der Waals surface area contributed by atoms with Crippen molar-refractivity contribution in [1.82, 2.24) is 5.32 Å². The van der Waals surface area contributed by atoms with Gasteiger partial charge in [-0.1, -0.05) is 31.5 Å². The third-order valence-electron chi connectivity index (χ3n) is 3.17. The fourth-order valence-electron chi connectivity index (χ4n) is 1.99. The van der Waals surface area contributed by atoms with Gasteiger partial charge in [-0.25, -0.2) is 0 Å². The molecule has 3 heteroatoms. The Balaban J connectivity index is 1.72. The SMILES string of the molecule is CCCCNCCNc1ccc(Oc2ccccc2)cc1. The largest absolute Gasteiger partial charge is 0.457 e. The Hall–Kier alpha value is -2.00. The number of benzene rings is 2. The second-order valence-corrected chi connectivity index (χ2v) is 4.97. The van der Waals surface area contributed by atoms with Crippen molar-refractivity contribution in [3.63, 3.8) is 0 Å². The minimum atomic E-state index is 0.854. The number of hydrogen-bond donors (Lipinski definition) is 2. The maximum absolute atomic E-state index is 5.76. The summed E-state index contributed by atoms with van der Waals surface area (Å²) < 4.78 is 5.76. The molecule has 0 spiro atoms. The molecule has 0 heterocycles. The molecule has 21 heavy (non-hydrogen) atoms. The first-order valence-electron chi connectivity index (χ1n) is 7.66. The summed E-state index contributed by atoms with van der Waals surface area (Å²) >= 11 is 0. The number of unbranched alkanes of at least 4 members (excludes halogenated alkanes) is 1. The highest BCUT2D eigenvalue weighted by Gasteiger charge is 1.97. The molecule has 2 aromatic rings. The van der Waals surface area contributed by atoms with Crippen LogP contribution in [0.25, 0.3) is 0 Å². The zero-order chi connectivity index (χ0) is 14.8. The summed E-state index contributed by atoms with van der Waals surface area (Å²) in [5.74, 6) is 1.71. The predicted molar refractivity (Wildman–Crippen MR) is 89.2 cm³/mol. The summed E-state index contributed by atoms with van der Waals surface area (Å²) in [4.78, 5) is 0. The lowest BCUT2D eigenvalue weighted by Gasteiger charge is -2.09. The van der Waals surface area contributed by atoms with Crippen molar-refractivity contribution in [2.45, 2.75) is 19.8 Å². The fraction of sp³-hybridized carbons (Fsp3) is 0.333. The lowest BCUT2D eigenvalue weighted by molar-refractivity contribution is 0.483. The normalized spacial score (nSPS) is 10.3. The van der Waals surface area contributed by atoms with E-state index in [1.165, 1.54) is 12.8 Å². The Morgan fingerprint density at radius 1 is 0.810 bits per heavy atom. The van der Waals surface area contributed by atoms with Crippen molar-refractivity contribution < 1.29 is 4.74 Å².